The van der Waals surface area contributed by atoms with Crippen LogP contribution in [-0.2, 0) is 4.79 Å². The van der Waals surface area contributed by atoms with E-state index in [1.54, 1.807) is 0 Å². The van der Waals surface area contributed by atoms with E-state index in [1.807, 2.05) is 31.2 Å². The van der Waals surface area contributed by atoms with Crippen molar-refractivity contribution in [3.05, 3.63) is 34.7 Å². The number of carboxylic acid groups (broad SMARTS) is 1. The van der Waals surface area contributed by atoms with E-state index in [0.717, 1.165) is 15.6 Å². The van der Waals surface area contributed by atoms with E-state index in [9.17, 15) is 14.7 Å². The molecule has 0 aliphatic carbocycles. The molecule has 2 rings (SSSR count). The molecule has 0 spiro atoms. The first-order valence-electron chi connectivity index (χ1n) is 6.26. The van der Waals surface area contributed by atoms with Gasteiger partial charge in [0.15, 0.2) is 0 Å². The Morgan fingerprint density at radius 1 is 1.25 bits per heavy atom. The predicted molar refractivity (Wildman–Crippen MR) is 80.4 cm³/mol. The molecule has 1 aromatic heterocycles. The molecule has 0 aliphatic heterocycles. The van der Waals surface area contributed by atoms with Crippen molar-refractivity contribution in [1.82, 2.24) is 4.90 Å². The minimum absolute atomic E-state index is 0.254. The fourth-order valence-electron chi connectivity index (χ4n) is 1.93. The zero-order valence-corrected chi connectivity index (χ0v) is 12.7. The van der Waals surface area contributed by atoms with Gasteiger partial charge in [-0.2, -0.15) is 0 Å². The van der Waals surface area contributed by atoms with Gasteiger partial charge in [0.2, 0.25) is 0 Å². The number of rotatable bonds is 3. The lowest BCUT2D eigenvalue weighted by Crippen LogP contribution is -2.50. The van der Waals surface area contributed by atoms with Crippen molar-refractivity contribution in [1.29, 1.82) is 0 Å². The Balaban J connectivity index is 2.46. The molecule has 0 unspecified atom stereocenters. The molecule has 5 heteroatoms. The summed E-state index contributed by atoms with van der Waals surface area (Å²) in [4.78, 5) is 25.7. The number of hydrogen-bond donors (Lipinski definition) is 1. The van der Waals surface area contributed by atoms with E-state index >= 15 is 0 Å². The molecule has 106 valence electrons. The number of amides is 1. The highest BCUT2D eigenvalue weighted by atomic mass is 32.1. The van der Waals surface area contributed by atoms with Crippen molar-refractivity contribution < 1.29 is 14.7 Å². The molecule has 2 aromatic rings. The van der Waals surface area contributed by atoms with Crippen molar-refractivity contribution in [2.75, 3.05) is 7.05 Å². The third kappa shape index (κ3) is 2.18. The highest BCUT2D eigenvalue weighted by molar-refractivity contribution is 7.21. The van der Waals surface area contributed by atoms with Gasteiger partial charge in [0.25, 0.3) is 5.91 Å². The number of carboxylic acids is 1. The number of likely N-dealkylation sites (N-methyl/N-ethyl adjacent to an activating group) is 1. The molecule has 4 nitrogen and oxygen atoms in total. The molecule has 1 N–H and O–H groups in total. The molecule has 1 amide bonds. The molecule has 0 radical (unpaired) electrons. The van der Waals surface area contributed by atoms with Crippen LogP contribution in [0.2, 0.25) is 0 Å². The van der Waals surface area contributed by atoms with Gasteiger partial charge in [-0.25, -0.2) is 4.79 Å². The lowest BCUT2D eigenvalue weighted by Gasteiger charge is -2.31. The number of aryl methyl sites for hydroxylation is 1. The number of fused-ring (bicyclic) bond motifs is 1. The third-order valence-corrected chi connectivity index (χ3v) is 4.97. The summed E-state index contributed by atoms with van der Waals surface area (Å²) in [6.45, 7) is 4.94. The Kier molecular flexibility index (Phi) is 3.56. The van der Waals surface area contributed by atoms with Gasteiger partial charge in [-0.3, -0.25) is 4.79 Å². The largest absolute Gasteiger partial charge is 0.480 e. The summed E-state index contributed by atoms with van der Waals surface area (Å²) < 4.78 is 1.04. The second-order valence-electron chi connectivity index (χ2n) is 5.28. The molecule has 1 heterocycles. The van der Waals surface area contributed by atoms with Gasteiger partial charge < -0.3 is 10.0 Å². The minimum atomic E-state index is -1.24. The van der Waals surface area contributed by atoms with Gasteiger partial charge in [-0.05, 0) is 37.8 Å². The van der Waals surface area contributed by atoms with Crippen molar-refractivity contribution in [3.63, 3.8) is 0 Å². The van der Waals surface area contributed by atoms with Crippen molar-refractivity contribution >= 4 is 33.3 Å². The van der Waals surface area contributed by atoms with Crippen molar-refractivity contribution in [3.8, 4) is 0 Å². The quantitative estimate of drug-likeness (QED) is 0.945. The highest BCUT2D eigenvalue weighted by Gasteiger charge is 2.36. The third-order valence-electron chi connectivity index (χ3n) is 3.70. The van der Waals surface area contributed by atoms with Crippen LogP contribution in [0.5, 0.6) is 0 Å². The number of carbonyl (C=O) groups is 2. The molecule has 0 saturated heterocycles. The van der Waals surface area contributed by atoms with Crippen LogP contribution in [-0.4, -0.2) is 34.5 Å². The fourth-order valence-corrected chi connectivity index (χ4v) is 3.11. The van der Waals surface area contributed by atoms with E-state index in [-0.39, 0.29) is 5.91 Å². The van der Waals surface area contributed by atoms with Crippen LogP contribution < -0.4 is 0 Å². The van der Waals surface area contributed by atoms with E-state index in [1.165, 1.54) is 37.1 Å². The second-order valence-corrected chi connectivity index (χ2v) is 6.33. The van der Waals surface area contributed by atoms with Crippen LogP contribution in [0.25, 0.3) is 10.1 Å². The smallest absolute Gasteiger partial charge is 0.329 e. The van der Waals surface area contributed by atoms with Crippen LogP contribution in [0.4, 0.5) is 0 Å². The first-order chi connectivity index (χ1) is 9.26. The molecule has 0 bridgehead atoms. The topological polar surface area (TPSA) is 57.6 Å². The molecule has 0 saturated carbocycles. The molecular weight excluding hydrogens is 274 g/mol. The average molecular weight is 291 g/mol. The predicted octanol–water partition coefficient (Wildman–Crippen LogP) is 3.14. The van der Waals surface area contributed by atoms with Gasteiger partial charge in [0.1, 0.15) is 5.54 Å². The van der Waals surface area contributed by atoms with Crippen LogP contribution in [0, 0.1) is 6.92 Å². The monoisotopic (exact) mass is 291 g/mol. The Morgan fingerprint density at radius 2 is 1.85 bits per heavy atom. The Bertz CT molecular complexity index is 687. The summed E-state index contributed by atoms with van der Waals surface area (Å²) in [5.41, 5.74) is -0.330. The summed E-state index contributed by atoms with van der Waals surface area (Å²) in [6.07, 6.45) is 0. The lowest BCUT2D eigenvalue weighted by atomic mass is 10.0. The van der Waals surface area contributed by atoms with Crippen LogP contribution in [0.3, 0.4) is 0 Å². The Morgan fingerprint density at radius 3 is 2.40 bits per heavy atom. The first kappa shape index (κ1) is 14.5. The second kappa shape index (κ2) is 4.90. The van der Waals surface area contributed by atoms with Gasteiger partial charge in [-0.15, -0.1) is 11.3 Å². The number of thiophene rings is 1. The standard InChI is InChI=1S/C15H17NO3S/c1-9-10-7-5-6-8-11(10)20-12(9)13(17)16(4)15(2,3)14(18)19/h5-8H,1-4H3,(H,18,19). The van der Waals surface area contributed by atoms with Gasteiger partial charge in [-0.1, -0.05) is 18.2 Å². The highest BCUT2D eigenvalue weighted by Crippen LogP contribution is 2.32. The fraction of sp³-hybridized carbons (Fsp3) is 0.333. The molecule has 1 aromatic carbocycles. The normalized spacial score (nSPS) is 11.6. The molecule has 0 fully saturated rings. The maximum absolute atomic E-state index is 12.6. The zero-order chi connectivity index (χ0) is 15.1. The van der Waals surface area contributed by atoms with Crippen LogP contribution >= 0.6 is 11.3 Å². The van der Waals surface area contributed by atoms with Gasteiger partial charge in [0, 0.05) is 11.7 Å². The molecule has 0 aliphatic rings. The van der Waals surface area contributed by atoms with Crippen LogP contribution in [0.15, 0.2) is 24.3 Å². The maximum atomic E-state index is 12.6. The number of nitrogens with zero attached hydrogens (tertiary/aromatic N) is 1. The first-order valence-corrected chi connectivity index (χ1v) is 7.08. The number of hydrogen-bond acceptors (Lipinski definition) is 3. The van der Waals surface area contributed by atoms with Crippen LogP contribution in [0.1, 0.15) is 29.1 Å². The van der Waals surface area contributed by atoms with E-state index in [0.29, 0.717) is 4.88 Å². The number of carbonyl (C=O) groups excluding carboxylic acids is 1. The molecule has 20 heavy (non-hydrogen) atoms. The summed E-state index contributed by atoms with van der Waals surface area (Å²) in [5, 5.41) is 10.3. The molecule has 0 atom stereocenters. The summed E-state index contributed by atoms with van der Waals surface area (Å²) >= 11 is 1.40. The Hall–Kier alpha value is -1.88. The van der Waals surface area contributed by atoms with Crippen molar-refractivity contribution in [2.45, 2.75) is 26.3 Å². The summed E-state index contributed by atoms with van der Waals surface area (Å²) in [5.74, 6) is -1.27. The van der Waals surface area contributed by atoms with E-state index in [2.05, 4.69) is 0 Å². The van der Waals surface area contributed by atoms with E-state index < -0.39 is 11.5 Å². The van der Waals surface area contributed by atoms with Crippen molar-refractivity contribution in [2.24, 2.45) is 0 Å². The summed E-state index contributed by atoms with van der Waals surface area (Å²) in [6, 6.07) is 7.80. The summed E-state index contributed by atoms with van der Waals surface area (Å²) in [7, 11) is 1.53. The number of aliphatic carboxylic acids is 1. The van der Waals surface area contributed by atoms with E-state index in [4.69, 9.17) is 0 Å². The maximum Gasteiger partial charge on any atom is 0.329 e. The minimum Gasteiger partial charge on any atom is -0.480 e. The zero-order valence-electron chi connectivity index (χ0n) is 11.9. The number of benzene rings is 1. The SMILES string of the molecule is Cc1c(C(=O)N(C)C(C)(C)C(=O)O)sc2ccccc12. The Labute approximate surface area is 121 Å². The van der Waals surface area contributed by atoms with Gasteiger partial charge >= 0.3 is 5.97 Å². The molecular formula is C15H17NO3S. The lowest BCUT2D eigenvalue weighted by molar-refractivity contribution is -0.147. The van der Waals surface area contributed by atoms with Gasteiger partial charge in [0.05, 0.1) is 4.88 Å². The average Bonchev–Trinajstić information content (AvgIpc) is 2.75.